The summed E-state index contributed by atoms with van der Waals surface area (Å²) in [6.07, 6.45) is -6.69. The maximum absolute atomic E-state index is 14.5. The number of ketones is 1. The number of aliphatic hydroxyl groups excluding tert-OH is 1. The topological polar surface area (TPSA) is 175 Å². The van der Waals surface area contributed by atoms with Crippen LogP contribution < -0.4 is 0 Å². The second kappa shape index (κ2) is 21.9. The molecule has 16 heteroatoms. The number of nitrogens with zero attached hydrogens (tertiary/aromatic N) is 3. The highest BCUT2D eigenvalue weighted by Gasteiger charge is 2.55. The van der Waals surface area contributed by atoms with E-state index in [0.717, 1.165) is 19.5 Å². The number of ether oxygens (including phenoxy) is 8. The molecule has 3 fully saturated rings. The van der Waals surface area contributed by atoms with Crippen LogP contribution >= 0.6 is 0 Å². The molecule has 0 aliphatic carbocycles. The first kappa shape index (κ1) is 53.5. The van der Waals surface area contributed by atoms with E-state index < -0.39 is 102 Å². The van der Waals surface area contributed by atoms with E-state index in [0.29, 0.717) is 0 Å². The molecule has 0 amide bonds. The van der Waals surface area contributed by atoms with Gasteiger partial charge in [-0.15, -0.1) is 0 Å². The van der Waals surface area contributed by atoms with Gasteiger partial charge in [0.1, 0.15) is 23.1 Å². The van der Waals surface area contributed by atoms with Crippen LogP contribution in [0.2, 0.25) is 0 Å². The van der Waals surface area contributed by atoms with Crippen molar-refractivity contribution >= 4 is 17.7 Å². The number of methoxy groups -OCH3 is 2. The van der Waals surface area contributed by atoms with Crippen molar-refractivity contribution in [3.05, 3.63) is 0 Å². The van der Waals surface area contributed by atoms with Crippen LogP contribution in [0, 0.1) is 23.7 Å². The highest BCUT2D eigenvalue weighted by Crippen LogP contribution is 2.42. The molecule has 3 saturated heterocycles. The second-order valence-electron chi connectivity index (χ2n) is 19.5. The largest absolute Gasteiger partial charge is 0.459 e. The van der Waals surface area contributed by atoms with E-state index in [1.165, 1.54) is 21.0 Å². The predicted molar refractivity (Wildman–Crippen MR) is 230 cm³/mol. The average molecular weight is 874 g/mol. The molecule has 18 atom stereocenters. The van der Waals surface area contributed by atoms with E-state index in [9.17, 15) is 24.6 Å². The monoisotopic (exact) mass is 874 g/mol. The smallest absolute Gasteiger partial charge is 0.311 e. The van der Waals surface area contributed by atoms with Gasteiger partial charge in [0.2, 0.25) is 0 Å². The molecule has 3 aliphatic rings. The first-order valence-electron chi connectivity index (χ1n) is 22.2. The SMILES string of the molecule is CC[C@H]1OC(=O)[C@H](C)[C@@H](O[C@H]2C[C@@](C)(OC)[C@@H](OC(C)=O)[C@H](C)O2)[C@H](C)[C@@H](O[C@@H]2O[C@H](C)C[C@@H](N(C)CCN(C)C)[C@@H]2N(C)C)[C@@](C)(OC)C[C@@H](C)C(=O)[C@H](C)[C@@H](O)[C@]1(C)O. The lowest BCUT2D eigenvalue weighted by atomic mass is 9.73. The van der Waals surface area contributed by atoms with Gasteiger partial charge in [-0.25, -0.2) is 0 Å². The van der Waals surface area contributed by atoms with Gasteiger partial charge in [-0.3, -0.25) is 14.4 Å². The molecule has 0 saturated carbocycles. The summed E-state index contributed by atoms with van der Waals surface area (Å²) >= 11 is 0. The zero-order valence-electron chi connectivity index (χ0n) is 40.6. The minimum Gasteiger partial charge on any atom is -0.459 e. The van der Waals surface area contributed by atoms with Gasteiger partial charge in [-0.1, -0.05) is 27.7 Å². The summed E-state index contributed by atoms with van der Waals surface area (Å²) < 4.78 is 51.7. The molecule has 356 valence electrons. The van der Waals surface area contributed by atoms with Gasteiger partial charge in [0.15, 0.2) is 18.7 Å². The molecule has 0 bridgehead atoms. The van der Waals surface area contributed by atoms with Gasteiger partial charge in [0, 0.05) is 64.4 Å². The van der Waals surface area contributed by atoms with Crippen LogP contribution in [0.15, 0.2) is 0 Å². The number of hydrogen-bond donors (Lipinski definition) is 2. The molecule has 2 N–H and O–H groups in total. The zero-order chi connectivity index (χ0) is 46.5. The Kier molecular flexibility index (Phi) is 19.2. The van der Waals surface area contributed by atoms with Crippen LogP contribution in [0.25, 0.3) is 0 Å². The third-order valence-electron chi connectivity index (χ3n) is 13.9. The molecule has 0 aromatic rings. The Labute approximate surface area is 366 Å². The molecule has 0 spiro atoms. The molecular weight excluding hydrogens is 791 g/mol. The van der Waals surface area contributed by atoms with Crippen molar-refractivity contribution in [3.63, 3.8) is 0 Å². The molecule has 0 radical (unpaired) electrons. The molecular formula is C45H83N3O13. The third-order valence-corrected chi connectivity index (χ3v) is 13.9. The number of aliphatic hydroxyl groups is 2. The van der Waals surface area contributed by atoms with E-state index in [-0.39, 0.29) is 43.2 Å². The summed E-state index contributed by atoms with van der Waals surface area (Å²) in [5, 5.41) is 23.4. The molecule has 3 aliphatic heterocycles. The number of cyclic esters (lactones) is 1. The lowest BCUT2D eigenvalue weighted by Gasteiger charge is -2.52. The Balaban J connectivity index is 2.27. The van der Waals surface area contributed by atoms with Crippen LogP contribution in [0.3, 0.4) is 0 Å². The van der Waals surface area contributed by atoms with Crippen molar-refractivity contribution in [3.8, 4) is 0 Å². The Morgan fingerprint density at radius 1 is 0.852 bits per heavy atom. The fourth-order valence-electron chi connectivity index (χ4n) is 10.0. The Hall–Kier alpha value is -1.83. The summed E-state index contributed by atoms with van der Waals surface area (Å²) in [5.41, 5.74) is -4.20. The Morgan fingerprint density at radius 3 is 1.97 bits per heavy atom. The van der Waals surface area contributed by atoms with Crippen molar-refractivity contribution < 1.29 is 62.5 Å². The van der Waals surface area contributed by atoms with Gasteiger partial charge in [0.25, 0.3) is 0 Å². The first-order valence-corrected chi connectivity index (χ1v) is 22.2. The van der Waals surface area contributed by atoms with Crippen molar-refractivity contribution in [2.45, 2.75) is 186 Å². The highest BCUT2D eigenvalue weighted by molar-refractivity contribution is 5.83. The Bertz CT molecular complexity index is 1440. The van der Waals surface area contributed by atoms with Gasteiger partial charge < -0.3 is 62.8 Å². The van der Waals surface area contributed by atoms with E-state index in [2.05, 4.69) is 35.8 Å². The van der Waals surface area contributed by atoms with Crippen molar-refractivity contribution in [2.75, 3.05) is 62.5 Å². The first-order chi connectivity index (χ1) is 28.2. The summed E-state index contributed by atoms with van der Waals surface area (Å²) in [6, 6.07) is -0.195. The van der Waals surface area contributed by atoms with E-state index in [1.807, 2.05) is 41.8 Å². The quantitative estimate of drug-likeness (QED) is 0.257. The summed E-state index contributed by atoms with van der Waals surface area (Å²) in [7, 11) is 13.3. The van der Waals surface area contributed by atoms with Gasteiger partial charge in [0.05, 0.1) is 48.1 Å². The molecule has 16 nitrogen and oxygen atoms in total. The summed E-state index contributed by atoms with van der Waals surface area (Å²) in [5.74, 6) is -4.81. The fourth-order valence-corrected chi connectivity index (χ4v) is 10.0. The third kappa shape index (κ3) is 12.5. The average Bonchev–Trinajstić information content (AvgIpc) is 3.18. The Morgan fingerprint density at radius 2 is 1.44 bits per heavy atom. The second-order valence-corrected chi connectivity index (χ2v) is 19.5. The lowest BCUT2D eigenvalue weighted by Crippen LogP contribution is -2.64. The number of Topliss-reactive ketones (excluding diaryl/α,β-unsaturated/α-hetero) is 1. The number of rotatable bonds is 13. The zero-order valence-corrected chi connectivity index (χ0v) is 40.6. The minimum absolute atomic E-state index is 0.0443. The van der Waals surface area contributed by atoms with E-state index in [4.69, 9.17) is 37.9 Å². The van der Waals surface area contributed by atoms with Crippen LogP contribution in [0.5, 0.6) is 0 Å². The van der Waals surface area contributed by atoms with Gasteiger partial charge in [-0.2, -0.15) is 0 Å². The van der Waals surface area contributed by atoms with E-state index >= 15 is 0 Å². The molecule has 3 rings (SSSR count). The molecule has 0 aromatic heterocycles. The van der Waals surface area contributed by atoms with Crippen LogP contribution in [0.4, 0.5) is 0 Å². The number of likely N-dealkylation sites (N-methyl/N-ethyl adjacent to an activating group) is 3. The molecule has 0 aromatic carbocycles. The normalized spacial score (nSPS) is 43.6. The van der Waals surface area contributed by atoms with Gasteiger partial charge in [-0.05, 0) is 96.0 Å². The van der Waals surface area contributed by atoms with Crippen molar-refractivity contribution in [2.24, 2.45) is 23.7 Å². The number of carbonyl (C=O) groups is 3. The predicted octanol–water partition coefficient (Wildman–Crippen LogP) is 3.51. The highest BCUT2D eigenvalue weighted by atomic mass is 16.7. The number of carbonyl (C=O) groups excluding carboxylic acids is 3. The lowest BCUT2D eigenvalue weighted by molar-refractivity contribution is -0.315. The summed E-state index contributed by atoms with van der Waals surface area (Å²) in [4.78, 5) is 47.6. The standard InChI is InChI=1S/C45H83N3O13/c1-19-33-45(11,53)38(51)27(4)36(50)25(2)23-43(9,54-17)39(61-42-35(47(14)15)32(22-26(3)56-42)48(16)21-20-46(12)13)28(5)37(29(6)41(52)59-33)60-34-24-44(10,55-18)40(30(7)57-34)58-31(8)49/h25-30,32-35,37-40,42,51,53H,19-24H2,1-18H3/t25-,26-,27+,28+,29-,30+,32-,33-,34+,35+,37+,38-,39-,40+,42+,43+,44-,45-/m1/s1. The molecule has 3 heterocycles. The number of esters is 2. The maximum atomic E-state index is 14.5. The summed E-state index contributed by atoms with van der Waals surface area (Å²) in [6.45, 7) is 20.7. The fraction of sp³-hybridized carbons (Fsp3) is 0.933. The van der Waals surface area contributed by atoms with Gasteiger partial charge >= 0.3 is 11.9 Å². The van der Waals surface area contributed by atoms with Crippen molar-refractivity contribution in [1.29, 1.82) is 0 Å². The maximum Gasteiger partial charge on any atom is 0.311 e. The van der Waals surface area contributed by atoms with Crippen LogP contribution in [-0.2, 0) is 52.3 Å². The molecule has 0 unspecified atom stereocenters. The van der Waals surface area contributed by atoms with Crippen LogP contribution in [0.1, 0.15) is 102 Å². The molecule has 61 heavy (non-hydrogen) atoms. The minimum atomic E-state index is -1.97. The van der Waals surface area contributed by atoms with Crippen molar-refractivity contribution in [1.82, 2.24) is 14.7 Å². The van der Waals surface area contributed by atoms with Crippen LogP contribution in [-0.4, -0.2) is 189 Å². The number of hydrogen-bond acceptors (Lipinski definition) is 16. The van der Waals surface area contributed by atoms with E-state index in [1.54, 1.807) is 41.7 Å².